The average molecular weight is 208 g/mol. The molecule has 0 fully saturated rings. The summed E-state index contributed by atoms with van der Waals surface area (Å²) in [7, 11) is 1.85. The fourth-order valence-corrected chi connectivity index (χ4v) is 2.17. The van der Waals surface area contributed by atoms with E-state index in [1.165, 1.54) is 0 Å². The van der Waals surface area contributed by atoms with Crippen molar-refractivity contribution in [3.05, 3.63) is 39.8 Å². The van der Waals surface area contributed by atoms with Crippen LogP contribution in [0.1, 0.15) is 23.1 Å². The van der Waals surface area contributed by atoms with Crippen LogP contribution in [0.4, 0.5) is 0 Å². The molecular weight excluding hydrogens is 196 g/mol. The zero-order valence-electron chi connectivity index (χ0n) is 8.14. The third-order valence-electron chi connectivity index (χ3n) is 2.18. The van der Waals surface area contributed by atoms with Crippen molar-refractivity contribution in [2.45, 2.75) is 13.0 Å². The van der Waals surface area contributed by atoms with Crippen molar-refractivity contribution in [3.8, 4) is 0 Å². The van der Waals surface area contributed by atoms with Crippen molar-refractivity contribution < 1.29 is 5.11 Å². The van der Waals surface area contributed by atoms with E-state index in [1.807, 2.05) is 36.9 Å². The van der Waals surface area contributed by atoms with Crippen molar-refractivity contribution >= 4 is 11.3 Å². The summed E-state index contributed by atoms with van der Waals surface area (Å²) in [6.45, 7) is 1.92. The SMILES string of the molecule is Cc1cc(C(O)c2ccsc2)n(C)n1. The first-order chi connectivity index (χ1) is 6.68. The molecule has 74 valence electrons. The minimum Gasteiger partial charge on any atom is -0.382 e. The first-order valence-electron chi connectivity index (χ1n) is 4.39. The van der Waals surface area contributed by atoms with Gasteiger partial charge in [-0.3, -0.25) is 4.68 Å². The number of aromatic nitrogens is 2. The van der Waals surface area contributed by atoms with Crippen LogP contribution in [0.5, 0.6) is 0 Å². The van der Waals surface area contributed by atoms with Crippen LogP contribution in [0.25, 0.3) is 0 Å². The second-order valence-corrected chi connectivity index (χ2v) is 4.07. The summed E-state index contributed by atoms with van der Waals surface area (Å²) in [5.74, 6) is 0. The van der Waals surface area contributed by atoms with Gasteiger partial charge in [-0.25, -0.2) is 0 Å². The molecule has 1 unspecified atom stereocenters. The van der Waals surface area contributed by atoms with E-state index in [9.17, 15) is 5.11 Å². The Morgan fingerprint density at radius 2 is 2.36 bits per heavy atom. The topological polar surface area (TPSA) is 38.0 Å². The predicted octanol–water partition coefficient (Wildman–Crippen LogP) is 1.87. The number of thiophene rings is 1. The summed E-state index contributed by atoms with van der Waals surface area (Å²) in [5.41, 5.74) is 2.69. The fourth-order valence-electron chi connectivity index (χ4n) is 1.49. The summed E-state index contributed by atoms with van der Waals surface area (Å²) >= 11 is 1.59. The molecule has 1 atom stereocenters. The molecule has 0 saturated heterocycles. The highest BCUT2D eigenvalue weighted by Gasteiger charge is 2.15. The molecular formula is C10H12N2OS. The lowest BCUT2D eigenvalue weighted by molar-refractivity contribution is 0.210. The summed E-state index contributed by atoms with van der Waals surface area (Å²) in [6.07, 6.45) is -0.563. The van der Waals surface area contributed by atoms with Gasteiger partial charge in [-0.15, -0.1) is 0 Å². The molecule has 0 spiro atoms. The van der Waals surface area contributed by atoms with Gasteiger partial charge in [0.2, 0.25) is 0 Å². The lowest BCUT2D eigenvalue weighted by Crippen LogP contribution is -2.05. The van der Waals surface area contributed by atoms with E-state index in [2.05, 4.69) is 5.10 Å². The second-order valence-electron chi connectivity index (χ2n) is 3.29. The highest BCUT2D eigenvalue weighted by molar-refractivity contribution is 7.07. The van der Waals surface area contributed by atoms with Crippen molar-refractivity contribution in [1.82, 2.24) is 9.78 Å². The van der Waals surface area contributed by atoms with E-state index in [0.29, 0.717) is 0 Å². The molecule has 2 rings (SSSR count). The average Bonchev–Trinajstić information content (AvgIpc) is 2.73. The summed E-state index contributed by atoms with van der Waals surface area (Å²) in [4.78, 5) is 0. The Kier molecular flexibility index (Phi) is 2.39. The molecule has 2 heterocycles. The standard InChI is InChI=1S/C10H12N2OS/c1-7-5-9(12(2)11-7)10(13)8-3-4-14-6-8/h3-6,10,13H,1-2H3. The summed E-state index contributed by atoms with van der Waals surface area (Å²) < 4.78 is 1.72. The molecule has 0 aromatic carbocycles. The van der Waals surface area contributed by atoms with Crippen LogP contribution in [-0.4, -0.2) is 14.9 Å². The third kappa shape index (κ3) is 1.58. The molecule has 0 aliphatic carbocycles. The van der Waals surface area contributed by atoms with Gasteiger partial charge in [0.1, 0.15) is 6.10 Å². The molecule has 3 nitrogen and oxygen atoms in total. The van der Waals surface area contributed by atoms with Crippen LogP contribution in [-0.2, 0) is 7.05 Å². The minimum atomic E-state index is -0.563. The van der Waals surface area contributed by atoms with Crippen LogP contribution in [0.3, 0.4) is 0 Å². The Morgan fingerprint density at radius 3 is 2.86 bits per heavy atom. The maximum atomic E-state index is 10.0. The predicted molar refractivity (Wildman–Crippen MR) is 56.3 cm³/mol. The van der Waals surface area contributed by atoms with Gasteiger partial charge in [-0.2, -0.15) is 16.4 Å². The normalized spacial score (nSPS) is 13.1. The van der Waals surface area contributed by atoms with Gasteiger partial charge >= 0.3 is 0 Å². The Hall–Kier alpha value is -1.13. The van der Waals surface area contributed by atoms with Gasteiger partial charge in [-0.05, 0) is 35.4 Å². The lowest BCUT2D eigenvalue weighted by atomic mass is 10.1. The highest BCUT2D eigenvalue weighted by atomic mass is 32.1. The number of rotatable bonds is 2. The van der Waals surface area contributed by atoms with E-state index in [4.69, 9.17) is 0 Å². The maximum Gasteiger partial charge on any atom is 0.121 e. The highest BCUT2D eigenvalue weighted by Crippen LogP contribution is 2.23. The van der Waals surface area contributed by atoms with E-state index < -0.39 is 6.10 Å². The molecule has 2 aromatic rings. The number of hydrogen-bond acceptors (Lipinski definition) is 3. The van der Waals surface area contributed by atoms with E-state index >= 15 is 0 Å². The van der Waals surface area contributed by atoms with Gasteiger partial charge in [0.05, 0.1) is 11.4 Å². The van der Waals surface area contributed by atoms with Crippen LogP contribution >= 0.6 is 11.3 Å². The quantitative estimate of drug-likeness (QED) is 0.818. The van der Waals surface area contributed by atoms with Crippen LogP contribution in [0.15, 0.2) is 22.9 Å². The van der Waals surface area contributed by atoms with E-state index in [-0.39, 0.29) is 0 Å². The van der Waals surface area contributed by atoms with Crippen LogP contribution < -0.4 is 0 Å². The minimum absolute atomic E-state index is 0.563. The Labute approximate surface area is 86.6 Å². The first-order valence-corrected chi connectivity index (χ1v) is 5.33. The number of hydrogen-bond donors (Lipinski definition) is 1. The molecule has 0 bridgehead atoms. The van der Waals surface area contributed by atoms with Crippen LogP contribution in [0.2, 0.25) is 0 Å². The Morgan fingerprint density at radius 1 is 1.57 bits per heavy atom. The lowest BCUT2D eigenvalue weighted by Gasteiger charge is -2.08. The fraction of sp³-hybridized carbons (Fsp3) is 0.300. The molecule has 0 aliphatic heterocycles. The molecule has 0 radical (unpaired) electrons. The molecule has 4 heteroatoms. The number of nitrogens with zero attached hydrogens (tertiary/aromatic N) is 2. The molecule has 0 aliphatic rings. The zero-order chi connectivity index (χ0) is 10.1. The zero-order valence-corrected chi connectivity index (χ0v) is 8.95. The van der Waals surface area contributed by atoms with Crippen LogP contribution in [0, 0.1) is 6.92 Å². The van der Waals surface area contributed by atoms with Gasteiger partial charge < -0.3 is 5.11 Å². The number of aliphatic hydroxyl groups is 1. The summed E-state index contributed by atoms with van der Waals surface area (Å²) in [6, 6.07) is 3.83. The Bertz CT molecular complexity index is 419. The monoisotopic (exact) mass is 208 g/mol. The molecule has 2 aromatic heterocycles. The van der Waals surface area contributed by atoms with Gasteiger partial charge in [0, 0.05) is 7.05 Å². The summed E-state index contributed by atoms with van der Waals surface area (Å²) in [5, 5.41) is 18.1. The largest absolute Gasteiger partial charge is 0.382 e. The maximum absolute atomic E-state index is 10.0. The molecule has 14 heavy (non-hydrogen) atoms. The number of aliphatic hydroxyl groups excluding tert-OH is 1. The van der Waals surface area contributed by atoms with Crippen molar-refractivity contribution in [2.75, 3.05) is 0 Å². The van der Waals surface area contributed by atoms with Crippen molar-refractivity contribution in [2.24, 2.45) is 7.05 Å². The van der Waals surface area contributed by atoms with Gasteiger partial charge in [0.25, 0.3) is 0 Å². The van der Waals surface area contributed by atoms with Gasteiger partial charge in [0.15, 0.2) is 0 Å². The smallest absolute Gasteiger partial charge is 0.121 e. The third-order valence-corrected chi connectivity index (χ3v) is 2.88. The number of aryl methyl sites for hydroxylation is 2. The van der Waals surface area contributed by atoms with Gasteiger partial charge in [-0.1, -0.05) is 0 Å². The van der Waals surface area contributed by atoms with E-state index in [1.54, 1.807) is 16.0 Å². The van der Waals surface area contributed by atoms with Crippen molar-refractivity contribution in [1.29, 1.82) is 0 Å². The Balaban J connectivity index is 2.36. The van der Waals surface area contributed by atoms with E-state index in [0.717, 1.165) is 17.0 Å². The first kappa shape index (κ1) is 9.43. The second kappa shape index (κ2) is 3.55. The molecule has 0 amide bonds. The molecule has 0 saturated carbocycles. The molecule has 1 N–H and O–H groups in total. The van der Waals surface area contributed by atoms with Crippen molar-refractivity contribution in [3.63, 3.8) is 0 Å².